The van der Waals surface area contributed by atoms with Crippen molar-refractivity contribution in [1.29, 1.82) is 0 Å². The van der Waals surface area contributed by atoms with Gasteiger partial charge in [0.15, 0.2) is 0 Å². The average molecular weight is 346 g/mol. The fourth-order valence-corrected chi connectivity index (χ4v) is 2.79. The third kappa shape index (κ3) is 5.38. The van der Waals surface area contributed by atoms with Crippen LogP contribution in [0.15, 0.2) is 24.3 Å². The Morgan fingerprint density at radius 3 is 2.47 bits per heavy atom. The highest BCUT2D eigenvalue weighted by Gasteiger charge is 2.15. The first-order valence-corrected chi connectivity index (χ1v) is 7.83. The normalized spacial score (nSPS) is 14.9. The van der Waals surface area contributed by atoms with E-state index in [0.29, 0.717) is 12.0 Å². The first-order valence-electron chi connectivity index (χ1n) is 6.31. The number of aryl methyl sites for hydroxylation is 1. The molecule has 1 rings (SSSR count). The molecule has 0 heterocycles. The van der Waals surface area contributed by atoms with Crippen LogP contribution in [-0.4, -0.2) is 10.5 Å². The lowest BCUT2D eigenvalue weighted by Gasteiger charge is -2.22. The lowest BCUT2D eigenvalue weighted by molar-refractivity contribution is 0.000849. The quantitative estimate of drug-likeness (QED) is 0.525. The summed E-state index contributed by atoms with van der Waals surface area (Å²) in [6.07, 6.45) is 1.68. The number of ether oxygens (including phenoxy) is 1. The van der Waals surface area contributed by atoms with E-state index in [9.17, 15) is 0 Å². The molecule has 2 heteroatoms. The fraction of sp³-hybridized carbons (Fsp3) is 0.600. The van der Waals surface area contributed by atoms with Crippen LogP contribution in [0, 0.1) is 12.8 Å². The molecule has 0 amide bonds. The first kappa shape index (κ1) is 15.0. The van der Waals surface area contributed by atoms with E-state index in [0.717, 1.165) is 10.8 Å². The van der Waals surface area contributed by atoms with Gasteiger partial charge in [0, 0.05) is 4.43 Å². The average Bonchev–Trinajstić information content (AvgIpc) is 2.24. The van der Waals surface area contributed by atoms with E-state index < -0.39 is 0 Å². The molecular weight excluding hydrogens is 323 g/mol. The fourth-order valence-electron chi connectivity index (χ4n) is 2.07. The van der Waals surface area contributed by atoms with Gasteiger partial charge in [0.1, 0.15) is 0 Å². The Bertz CT molecular complexity index is 335. The van der Waals surface area contributed by atoms with E-state index >= 15 is 0 Å². The first-order chi connectivity index (χ1) is 8.02. The SMILES string of the molecule is Cc1cccc(C(CI)OC(C)CC(C)C)c1. The summed E-state index contributed by atoms with van der Waals surface area (Å²) in [5.74, 6) is 0.692. The molecule has 96 valence electrons. The molecule has 1 nitrogen and oxygen atoms in total. The van der Waals surface area contributed by atoms with E-state index in [-0.39, 0.29) is 6.10 Å². The molecule has 0 radical (unpaired) electrons. The van der Waals surface area contributed by atoms with Gasteiger partial charge in [-0.15, -0.1) is 0 Å². The summed E-state index contributed by atoms with van der Waals surface area (Å²) in [5, 5.41) is 0. The zero-order valence-corrected chi connectivity index (χ0v) is 13.4. The molecule has 2 unspecified atom stereocenters. The molecule has 0 saturated heterocycles. The molecule has 1 aromatic rings. The molecule has 1 aromatic carbocycles. The Labute approximate surface area is 119 Å². The van der Waals surface area contributed by atoms with Crippen LogP contribution in [-0.2, 0) is 4.74 Å². The molecule has 0 fully saturated rings. The van der Waals surface area contributed by atoms with Gasteiger partial charge in [-0.3, -0.25) is 0 Å². The standard InChI is InChI=1S/C15H23IO/c1-11(2)8-13(4)17-15(10-16)14-7-5-6-12(3)9-14/h5-7,9,11,13,15H,8,10H2,1-4H3. The smallest absolute Gasteiger partial charge is 0.0917 e. The number of benzene rings is 1. The van der Waals surface area contributed by atoms with Crippen LogP contribution in [0.1, 0.15) is 44.4 Å². The van der Waals surface area contributed by atoms with Gasteiger partial charge in [0.2, 0.25) is 0 Å². The molecule has 2 atom stereocenters. The molecule has 0 saturated carbocycles. The summed E-state index contributed by atoms with van der Waals surface area (Å²) >= 11 is 2.41. The van der Waals surface area contributed by atoms with E-state index in [1.54, 1.807) is 0 Å². The summed E-state index contributed by atoms with van der Waals surface area (Å²) in [7, 11) is 0. The van der Waals surface area contributed by atoms with Gasteiger partial charge in [0.05, 0.1) is 12.2 Å². The summed E-state index contributed by atoms with van der Waals surface area (Å²) in [6.45, 7) is 8.79. The number of rotatable bonds is 6. The highest BCUT2D eigenvalue weighted by atomic mass is 127. The van der Waals surface area contributed by atoms with Gasteiger partial charge in [-0.2, -0.15) is 0 Å². The van der Waals surface area contributed by atoms with Crippen molar-refractivity contribution in [1.82, 2.24) is 0 Å². The van der Waals surface area contributed by atoms with Crippen LogP contribution < -0.4 is 0 Å². The van der Waals surface area contributed by atoms with Crippen molar-refractivity contribution in [3.05, 3.63) is 35.4 Å². The van der Waals surface area contributed by atoms with Gasteiger partial charge < -0.3 is 4.74 Å². The van der Waals surface area contributed by atoms with Gasteiger partial charge in [-0.25, -0.2) is 0 Å². The number of halogens is 1. The van der Waals surface area contributed by atoms with E-state index in [2.05, 4.69) is 74.6 Å². The largest absolute Gasteiger partial charge is 0.370 e. The minimum atomic E-state index is 0.226. The van der Waals surface area contributed by atoms with E-state index in [1.807, 2.05) is 0 Å². The lowest BCUT2D eigenvalue weighted by atomic mass is 10.1. The molecule has 0 aromatic heterocycles. The molecule has 0 aliphatic heterocycles. The van der Waals surface area contributed by atoms with E-state index in [4.69, 9.17) is 4.74 Å². The third-order valence-corrected chi connectivity index (χ3v) is 3.55. The van der Waals surface area contributed by atoms with Crippen molar-refractivity contribution < 1.29 is 4.74 Å². The number of hydrogen-bond donors (Lipinski definition) is 0. The minimum Gasteiger partial charge on any atom is -0.370 e. The van der Waals surface area contributed by atoms with Crippen LogP contribution in [0.2, 0.25) is 0 Å². The van der Waals surface area contributed by atoms with Crippen molar-refractivity contribution in [2.75, 3.05) is 4.43 Å². The van der Waals surface area contributed by atoms with Crippen molar-refractivity contribution >= 4 is 22.6 Å². The second-order valence-electron chi connectivity index (χ2n) is 5.13. The second-order valence-corrected chi connectivity index (χ2v) is 6.01. The lowest BCUT2D eigenvalue weighted by Crippen LogP contribution is -2.16. The maximum Gasteiger partial charge on any atom is 0.0917 e. The van der Waals surface area contributed by atoms with Gasteiger partial charge in [-0.05, 0) is 31.7 Å². The Balaban J connectivity index is 2.65. The molecule has 0 spiro atoms. The van der Waals surface area contributed by atoms with Crippen LogP contribution in [0.3, 0.4) is 0 Å². The molecular formula is C15H23IO. The molecule has 0 N–H and O–H groups in total. The summed E-state index contributed by atoms with van der Waals surface area (Å²) in [6, 6.07) is 8.63. The number of alkyl halides is 1. The number of hydrogen-bond acceptors (Lipinski definition) is 1. The summed E-state index contributed by atoms with van der Waals surface area (Å²) in [5.41, 5.74) is 2.60. The van der Waals surface area contributed by atoms with E-state index in [1.165, 1.54) is 11.1 Å². The van der Waals surface area contributed by atoms with Crippen LogP contribution in [0.25, 0.3) is 0 Å². The van der Waals surface area contributed by atoms with Crippen LogP contribution in [0.4, 0.5) is 0 Å². The maximum absolute atomic E-state index is 6.14. The van der Waals surface area contributed by atoms with Gasteiger partial charge in [0.25, 0.3) is 0 Å². The Morgan fingerprint density at radius 1 is 1.24 bits per heavy atom. The highest BCUT2D eigenvalue weighted by molar-refractivity contribution is 14.1. The second kappa shape index (κ2) is 7.37. The van der Waals surface area contributed by atoms with Crippen molar-refractivity contribution in [3.63, 3.8) is 0 Å². The van der Waals surface area contributed by atoms with Gasteiger partial charge >= 0.3 is 0 Å². The van der Waals surface area contributed by atoms with Crippen molar-refractivity contribution in [2.24, 2.45) is 5.92 Å². The van der Waals surface area contributed by atoms with Gasteiger partial charge in [-0.1, -0.05) is 66.3 Å². The Kier molecular flexibility index (Phi) is 6.49. The zero-order chi connectivity index (χ0) is 12.8. The molecule has 0 aliphatic rings. The predicted molar refractivity (Wildman–Crippen MR) is 82.8 cm³/mol. The van der Waals surface area contributed by atoms with Crippen molar-refractivity contribution in [2.45, 2.75) is 46.3 Å². The predicted octanol–water partition coefficient (Wildman–Crippen LogP) is 4.92. The third-order valence-electron chi connectivity index (χ3n) is 2.75. The van der Waals surface area contributed by atoms with Crippen LogP contribution >= 0.6 is 22.6 Å². The Morgan fingerprint density at radius 2 is 1.94 bits per heavy atom. The molecule has 0 aliphatic carbocycles. The molecule has 17 heavy (non-hydrogen) atoms. The van der Waals surface area contributed by atoms with Crippen LogP contribution in [0.5, 0.6) is 0 Å². The summed E-state index contributed by atoms with van der Waals surface area (Å²) < 4.78 is 7.15. The highest BCUT2D eigenvalue weighted by Crippen LogP contribution is 2.24. The molecule has 0 bridgehead atoms. The van der Waals surface area contributed by atoms with Crippen molar-refractivity contribution in [3.8, 4) is 0 Å². The summed E-state index contributed by atoms with van der Waals surface area (Å²) in [4.78, 5) is 0. The Hall–Kier alpha value is -0.0900. The monoisotopic (exact) mass is 346 g/mol. The maximum atomic E-state index is 6.14. The zero-order valence-electron chi connectivity index (χ0n) is 11.2. The minimum absolute atomic E-state index is 0.226. The topological polar surface area (TPSA) is 9.23 Å².